The van der Waals surface area contributed by atoms with Crippen LogP contribution in [0.4, 0.5) is 4.79 Å². The van der Waals surface area contributed by atoms with Crippen LogP contribution >= 0.6 is 0 Å². The van der Waals surface area contributed by atoms with Crippen molar-refractivity contribution >= 4 is 23.9 Å². The van der Waals surface area contributed by atoms with Crippen molar-refractivity contribution in [1.29, 1.82) is 0 Å². The van der Waals surface area contributed by atoms with Gasteiger partial charge < -0.3 is 44.4 Å². The second kappa shape index (κ2) is 20.1. The van der Waals surface area contributed by atoms with Crippen LogP contribution in [0.2, 0.25) is 0 Å². The fraction of sp³-hybridized carbons (Fsp3) is 0.429. The summed E-state index contributed by atoms with van der Waals surface area (Å²) in [5.41, 5.74) is 6.03. The SMILES string of the molecule is CCOC(=O)C[C@H](NC(=O)[C@@H](CC(C)C)NC(=O)[C@H](Cc1ccccc1)NC(=O)OCC1c2ccccc2-c2ccccc21)[C@H]1O[C@@H]2OC(C)(C)O[C@@H]2[C@H]1OCc1ccccc1. The van der Waals surface area contributed by atoms with Gasteiger partial charge in [-0.3, -0.25) is 14.4 Å². The Morgan fingerprint density at radius 2 is 1.31 bits per heavy atom. The Morgan fingerprint density at radius 1 is 0.710 bits per heavy atom. The maximum atomic E-state index is 14.5. The lowest BCUT2D eigenvalue weighted by atomic mass is 9.97. The van der Waals surface area contributed by atoms with Crippen LogP contribution in [-0.4, -0.2) is 85.6 Å². The highest BCUT2D eigenvalue weighted by molar-refractivity contribution is 5.92. The van der Waals surface area contributed by atoms with Crippen molar-refractivity contribution in [2.75, 3.05) is 13.2 Å². The number of amides is 3. The van der Waals surface area contributed by atoms with Crippen LogP contribution in [0.1, 0.15) is 75.6 Å². The first-order valence-corrected chi connectivity index (χ1v) is 21.5. The first-order valence-electron chi connectivity index (χ1n) is 21.5. The van der Waals surface area contributed by atoms with Crippen molar-refractivity contribution in [3.63, 3.8) is 0 Å². The molecule has 0 bridgehead atoms. The quantitative estimate of drug-likeness (QED) is 0.0936. The highest BCUT2D eigenvalue weighted by atomic mass is 16.8. The van der Waals surface area contributed by atoms with Crippen molar-refractivity contribution in [1.82, 2.24) is 16.0 Å². The van der Waals surface area contributed by atoms with Gasteiger partial charge in [0, 0.05) is 12.3 Å². The van der Waals surface area contributed by atoms with Gasteiger partial charge in [-0.2, -0.15) is 0 Å². The molecular weight excluding hydrogens is 791 g/mol. The minimum Gasteiger partial charge on any atom is -0.466 e. The number of esters is 1. The summed E-state index contributed by atoms with van der Waals surface area (Å²) in [6.45, 7) is 9.54. The van der Waals surface area contributed by atoms with Gasteiger partial charge in [-0.05, 0) is 66.5 Å². The van der Waals surface area contributed by atoms with Crippen molar-refractivity contribution in [2.45, 2.75) is 115 Å². The zero-order valence-corrected chi connectivity index (χ0v) is 35.9. The van der Waals surface area contributed by atoms with E-state index in [0.717, 1.165) is 33.4 Å². The molecule has 0 aromatic heterocycles. The average Bonchev–Trinajstić information content (AvgIpc) is 3.86. The highest BCUT2D eigenvalue weighted by Gasteiger charge is 2.57. The van der Waals surface area contributed by atoms with E-state index in [9.17, 15) is 19.2 Å². The Balaban J connectivity index is 1.08. The Bertz CT molecular complexity index is 2120. The van der Waals surface area contributed by atoms with E-state index in [1.165, 1.54) is 0 Å². The van der Waals surface area contributed by atoms with Crippen LogP contribution in [0.3, 0.4) is 0 Å². The van der Waals surface area contributed by atoms with Crippen LogP contribution in [0.25, 0.3) is 11.1 Å². The van der Waals surface area contributed by atoms with Crippen molar-refractivity contribution in [3.8, 4) is 11.1 Å². The lowest BCUT2D eigenvalue weighted by Gasteiger charge is -2.32. The van der Waals surface area contributed by atoms with E-state index >= 15 is 0 Å². The largest absolute Gasteiger partial charge is 0.466 e. The molecule has 2 aliphatic heterocycles. The molecule has 3 N–H and O–H groups in total. The second-order valence-corrected chi connectivity index (χ2v) is 16.9. The summed E-state index contributed by atoms with van der Waals surface area (Å²) in [6, 6.07) is 31.9. The third kappa shape index (κ3) is 10.9. The molecule has 0 spiro atoms. The number of alkyl carbamates (subject to hydrolysis) is 1. The Labute approximate surface area is 363 Å². The molecule has 7 atom stereocenters. The highest BCUT2D eigenvalue weighted by Crippen LogP contribution is 2.45. The molecule has 0 unspecified atom stereocenters. The van der Waals surface area contributed by atoms with Gasteiger partial charge >= 0.3 is 12.1 Å². The molecule has 4 aromatic rings. The van der Waals surface area contributed by atoms with E-state index < -0.39 is 72.4 Å². The molecule has 13 heteroatoms. The molecule has 328 valence electrons. The molecule has 2 heterocycles. The minimum atomic E-state index is -1.10. The average molecular weight is 848 g/mol. The molecule has 2 saturated heterocycles. The topological polar surface area (TPSA) is 160 Å². The summed E-state index contributed by atoms with van der Waals surface area (Å²) in [5.74, 6) is -2.85. The van der Waals surface area contributed by atoms with E-state index in [2.05, 4.69) is 28.1 Å². The molecule has 3 aliphatic rings. The van der Waals surface area contributed by atoms with Crippen LogP contribution in [0, 0.1) is 5.92 Å². The number of nitrogens with one attached hydrogen (secondary N) is 3. The van der Waals surface area contributed by atoms with E-state index in [-0.39, 0.29) is 50.9 Å². The zero-order valence-electron chi connectivity index (χ0n) is 35.9. The maximum absolute atomic E-state index is 14.5. The van der Waals surface area contributed by atoms with Crippen molar-refractivity contribution in [3.05, 3.63) is 131 Å². The lowest BCUT2D eigenvalue weighted by Crippen LogP contribution is -2.58. The van der Waals surface area contributed by atoms with Gasteiger partial charge in [0.2, 0.25) is 11.8 Å². The van der Waals surface area contributed by atoms with E-state index in [4.69, 9.17) is 28.4 Å². The predicted octanol–water partition coefficient (Wildman–Crippen LogP) is 6.57. The molecule has 4 aromatic carbocycles. The number of carbonyl (C=O) groups excluding carboxylic acids is 4. The van der Waals surface area contributed by atoms with Crippen LogP contribution < -0.4 is 16.0 Å². The molecular formula is C49H57N3O10. The van der Waals surface area contributed by atoms with Crippen LogP contribution in [-0.2, 0) is 55.8 Å². The summed E-state index contributed by atoms with van der Waals surface area (Å²) < 4.78 is 36.4. The van der Waals surface area contributed by atoms with E-state index in [1.807, 2.05) is 111 Å². The monoisotopic (exact) mass is 847 g/mol. The van der Waals surface area contributed by atoms with Crippen LogP contribution in [0.15, 0.2) is 109 Å². The van der Waals surface area contributed by atoms with Gasteiger partial charge in [-0.15, -0.1) is 0 Å². The fourth-order valence-corrected chi connectivity index (χ4v) is 8.53. The van der Waals surface area contributed by atoms with Crippen molar-refractivity contribution in [2.24, 2.45) is 5.92 Å². The molecule has 3 amide bonds. The number of rotatable bonds is 18. The number of carbonyl (C=O) groups is 4. The number of fused-ring (bicyclic) bond motifs is 4. The van der Waals surface area contributed by atoms with E-state index in [0.29, 0.717) is 0 Å². The van der Waals surface area contributed by atoms with Gasteiger partial charge in [0.15, 0.2) is 12.1 Å². The first kappa shape index (κ1) is 44.5. The summed E-state index contributed by atoms with van der Waals surface area (Å²) in [4.78, 5) is 55.5. The fourth-order valence-electron chi connectivity index (χ4n) is 8.53. The Kier molecular flexibility index (Phi) is 14.4. The Hall–Kier alpha value is -5.60. The third-order valence-electron chi connectivity index (χ3n) is 11.3. The number of hydrogen-bond acceptors (Lipinski definition) is 10. The minimum absolute atomic E-state index is 0.0368. The molecule has 1 aliphatic carbocycles. The van der Waals surface area contributed by atoms with Crippen molar-refractivity contribution < 1.29 is 47.6 Å². The standard InChI is InChI=1S/C49H57N3O10/c1-6-57-41(53)27-38(42-43(58-28-32-19-11-8-12-20-32)44-47(60-42)62-49(4,5)61-44)50-45(54)39(25-30(2)3)51-46(55)40(26-31-17-9-7-10-18-31)52-48(56)59-29-37-35-23-15-13-21-33(35)34-22-14-16-24-36(34)37/h7-24,30,37-40,42-44,47H,6,25-29H2,1-5H3,(H,50,54)(H,51,55)(H,52,56)/t38-,39+,40-,42+,43-,44+,47+/m0/s1. The number of benzene rings is 4. The molecule has 62 heavy (non-hydrogen) atoms. The molecule has 0 radical (unpaired) electrons. The lowest BCUT2D eigenvalue weighted by molar-refractivity contribution is -0.223. The van der Waals surface area contributed by atoms with Gasteiger partial charge in [-0.25, -0.2) is 4.79 Å². The zero-order chi connectivity index (χ0) is 43.8. The number of hydrogen-bond donors (Lipinski definition) is 3. The third-order valence-corrected chi connectivity index (χ3v) is 11.3. The summed E-state index contributed by atoms with van der Waals surface area (Å²) in [7, 11) is 0. The van der Waals surface area contributed by atoms with Gasteiger partial charge in [-0.1, -0.05) is 123 Å². The first-order chi connectivity index (χ1) is 29.9. The molecule has 7 rings (SSSR count). The van der Waals surface area contributed by atoms with Gasteiger partial charge in [0.1, 0.15) is 37.0 Å². The molecule has 13 nitrogen and oxygen atoms in total. The van der Waals surface area contributed by atoms with E-state index in [1.54, 1.807) is 20.8 Å². The second-order valence-electron chi connectivity index (χ2n) is 16.9. The van der Waals surface area contributed by atoms with Gasteiger partial charge in [0.05, 0.1) is 25.7 Å². The molecule has 2 fully saturated rings. The smallest absolute Gasteiger partial charge is 0.407 e. The van der Waals surface area contributed by atoms with Crippen LogP contribution in [0.5, 0.6) is 0 Å². The normalized spacial score (nSPS) is 21.2. The summed E-state index contributed by atoms with van der Waals surface area (Å²) in [6.07, 6.45) is -3.77. The molecule has 0 saturated carbocycles. The maximum Gasteiger partial charge on any atom is 0.407 e. The summed E-state index contributed by atoms with van der Waals surface area (Å²) >= 11 is 0. The summed E-state index contributed by atoms with van der Waals surface area (Å²) in [5, 5.41) is 8.73. The number of ether oxygens (including phenoxy) is 6. The predicted molar refractivity (Wildman–Crippen MR) is 230 cm³/mol. The van der Waals surface area contributed by atoms with Gasteiger partial charge in [0.25, 0.3) is 0 Å². The Morgan fingerprint density at radius 3 is 1.94 bits per heavy atom.